The van der Waals surface area contributed by atoms with E-state index in [1.165, 1.54) is 23.5 Å². The molecule has 0 bridgehead atoms. The summed E-state index contributed by atoms with van der Waals surface area (Å²) in [6.45, 7) is 2.61. The lowest BCUT2D eigenvalue weighted by atomic mass is 10.2. The number of nitrogens with zero attached hydrogens (tertiary/aromatic N) is 3. The predicted molar refractivity (Wildman–Crippen MR) is 152 cm³/mol. The van der Waals surface area contributed by atoms with E-state index in [1.807, 2.05) is 78.6 Å². The van der Waals surface area contributed by atoms with E-state index in [9.17, 15) is 4.79 Å². The Hall–Kier alpha value is -3.01. The van der Waals surface area contributed by atoms with Gasteiger partial charge in [0.2, 0.25) is 0 Å². The van der Waals surface area contributed by atoms with E-state index in [1.54, 1.807) is 11.3 Å². The topological polar surface area (TPSA) is 67.9 Å². The third-order valence-corrected chi connectivity index (χ3v) is 9.20. The molecule has 1 saturated carbocycles. The summed E-state index contributed by atoms with van der Waals surface area (Å²) in [4.78, 5) is 25.5. The summed E-state index contributed by atoms with van der Waals surface area (Å²) < 4.78 is 13.7. The highest BCUT2D eigenvalue weighted by molar-refractivity contribution is 8.18. The molecule has 0 spiro atoms. The molecule has 37 heavy (non-hydrogen) atoms. The van der Waals surface area contributed by atoms with Gasteiger partial charge in [-0.05, 0) is 85.8 Å². The second-order valence-electron chi connectivity index (χ2n) is 8.76. The smallest absolute Gasteiger partial charge is 0.267 e. The maximum absolute atomic E-state index is 13.5. The molecule has 0 unspecified atom stereocenters. The summed E-state index contributed by atoms with van der Waals surface area (Å²) >= 11 is 4.51. The van der Waals surface area contributed by atoms with Crippen LogP contribution in [0, 0.1) is 0 Å². The number of amides is 1. The zero-order chi connectivity index (χ0) is 25.2. The van der Waals surface area contributed by atoms with Crippen LogP contribution in [-0.4, -0.2) is 33.6 Å². The number of ether oxygens (including phenoxy) is 1. The lowest BCUT2D eigenvalue weighted by Crippen LogP contribution is -2.37. The van der Waals surface area contributed by atoms with E-state index in [-0.39, 0.29) is 11.9 Å². The highest BCUT2D eigenvalue weighted by atomic mass is 32.2. The Morgan fingerprint density at radius 3 is 2.81 bits per heavy atom. The van der Waals surface area contributed by atoms with Crippen molar-refractivity contribution in [2.45, 2.75) is 48.1 Å². The summed E-state index contributed by atoms with van der Waals surface area (Å²) in [5.41, 5.74) is 1.79. The van der Waals surface area contributed by atoms with Crippen molar-refractivity contribution in [3.63, 3.8) is 0 Å². The van der Waals surface area contributed by atoms with E-state index in [0.717, 1.165) is 61.9 Å². The Bertz CT molecular complexity index is 1490. The molecule has 0 atom stereocenters. The molecule has 4 aromatic rings. The van der Waals surface area contributed by atoms with Crippen molar-refractivity contribution >= 4 is 67.9 Å². The molecule has 2 fully saturated rings. The van der Waals surface area contributed by atoms with Gasteiger partial charge >= 0.3 is 0 Å². The van der Waals surface area contributed by atoms with Gasteiger partial charge in [-0.2, -0.15) is 0 Å². The van der Waals surface area contributed by atoms with Crippen LogP contribution in [0.2, 0.25) is 0 Å². The van der Waals surface area contributed by atoms with Crippen molar-refractivity contribution in [2.75, 3.05) is 6.61 Å². The number of amidine groups is 1. The third-order valence-electron chi connectivity index (χ3n) is 6.22. The number of rotatable bonds is 7. The number of carbonyl (C=O) groups is 1. The zero-order valence-corrected chi connectivity index (χ0v) is 22.7. The fourth-order valence-electron chi connectivity index (χ4n) is 4.53. The van der Waals surface area contributed by atoms with Crippen LogP contribution >= 0.6 is 34.9 Å². The quantitative estimate of drug-likeness (QED) is 0.219. The zero-order valence-electron chi connectivity index (χ0n) is 20.3. The van der Waals surface area contributed by atoms with Gasteiger partial charge in [-0.1, -0.05) is 31.0 Å². The highest BCUT2D eigenvalue weighted by Gasteiger charge is 2.39. The van der Waals surface area contributed by atoms with Gasteiger partial charge in [0.1, 0.15) is 11.5 Å². The van der Waals surface area contributed by atoms with Gasteiger partial charge in [0.15, 0.2) is 14.6 Å². The Kier molecular flexibility index (Phi) is 7.08. The molecule has 0 radical (unpaired) electrons. The van der Waals surface area contributed by atoms with E-state index in [2.05, 4.69) is 0 Å². The van der Waals surface area contributed by atoms with Gasteiger partial charge in [-0.25, -0.2) is 9.98 Å². The molecule has 2 aromatic carbocycles. The Balaban J connectivity index is 1.22. The molecule has 2 aliphatic rings. The van der Waals surface area contributed by atoms with Crippen LogP contribution in [0.3, 0.4) is 0 Å². The molecule has 1 aliphatic heterocycles. The molecule has 2 aromatic heterocycles. The van der Waals surface area contributed by atoms with Crippen molar-refractivity contribution < 1.29 is 13.9 Å². The number of hydrogen-bond donors (Lipinski definition) is 0. The van der Waals surface area contributed by atoms with Crippen LogP contribution in [0.5, 0.6) is 5.75 Å². The number of furan rings is 1. The van der Waals surface area contributed by atoms with Crippen molar-refractivity contribution in [2.24, 2.45) is 4.99 Å². The van der Waals surface area contributed by atoms with E-state index >= 15 is 0 Å². The largest absolute Gasteiger partial charge is 0.494 e. The van der Waals surface area contributed by atoms with Crippen LogP contribution in [0.15, 0.2) is 84.4 Å². The Morgan fingerprint density at radius 1 is 1.16 bits per heavy atom. The maximum atomic E-state index is 13.5. The number of benzene rings is 2. The van der Waals surface area contributed by atoms with E-state index < -0.39 is 0 Å². The second kappa shape index (κ2) is 10.8. The third kappa shape index (κ3) is 5.35. The number of carbonyl (C=O) groups excluding carboxylic acids is 1. The number of thioether (sulfide) groups is 1. The number of aromatic nitrogens is 1. The van der Waals surface area contributed by atoms with Crippen LogP contribution in [-0.2, 0) is 4.79 Å². The molecule has 3 heterocycles. The monoisotopic (exact) mass is 547 g/mol. The van der Waals surface area contributed by atoms with Crippen molar-refractivity contribution in [3.8, 4) is 5.75 Å². The Morgan fingerprint density at radius 2 is 2.00 bits per heavy atom. The molecular weight excluding hydrogens is 523 g/mol. The van der Waals surface area contributed by atoms with Crippen LogP contribution in [0.1, 0.15) is 38.4 Å². The SMILES string of the molecule is CCOc1ccc2nc(Sc3ccc(/C=C4\SC(=Nc5ccccc5)N(C5CCCC5)C4=O)o3)sc2c1. The summed E-state index contributed by atoms with van der Waals surface area (Å²) in [6, 6.07) is 19.8. The summed E-state index contributed by atoms with van der Waals surface area (Å²) in [6.07, 6.45) is 6.16. The van der Waals surface area contributed by atoms with Gasteiger partial charge in [-0.3, -0.25) is 9.69 Å². The summed E-state index contributed by atoms with van der Waals surface area (Å²) in [5, 5.41) is 1.48. The molecule has 9 heteroatoms. The van der Waals surface area contributed by atoms with Crippen molar-refractivity contribution in [1.29, 1.82) is 0 Å². The standard InChI is InChI=1S/C28H25N3O3S3/c1-2-33-20-12-14-22-23(16-20)36-28(30-22)37-25-15-13-21(34-25)17-24-26(32)31(19-10-6-7-11-19)27(35-24)29-18-8-4-3-5-9-18/h3-5,8-9,12-17,19H,2,6-7,10-11H2,1H3/b24-17-,29-27?. The number of aliphatic imine (C=N–C) groups is 1. The minimum atomic E-state index is 0.00783. The summed E-state index contributed by atoms with van der Waals surface area (Å²) in [7, 11) is 0. The van der Waals surface area contributed by atoms with Crippen molar-refractivity contribution in [1.82, 2.24) is 9.88 Å². The predicted octanol–water partition coefficient (Wildman–Crippen LogP) is 7.99. The lowest BCUT2D eigenvalue weighted by Gasteiger charge is -2.22. The second-order valence-corrected chi connectivity index (χ2v) is 12.0. The first-order valence-electron chi connectivity index (χ1n) is 12.3. The fourth-order valence-corrected chi connectivity index (χ4v) is 7.56. The molecule has 188 valence electrons. The van der Waals surface area contributed by atoms with Crippen molar-refractivity contribution in [3.05, 3.63) is 71.3 Å². The van der Waals surface area contributed by atoms with E-state index in [0.29, 0.717) is 17.3 Å². The van der Waals surface area contributed by atoms with Crippen LogP contribution in [0.4, 0.5) is 5.69 Å². The van der Waals surface area contributed by atoms with E-state index in [4.69, 9.17) is 19.1 Å². The maximum Gasteiger partial charge on any atom is 0.267 e. The number of thiazole rings is 1. The van der Waals surface area contributed by atoms with Crippen LogP contribution < -0.4 is 4.74 Å². The Labute approximate surface area is 227 Å². The molecule has 6 nitrogen and oxygen atoms in total. The van der Waals surface area contributed by atoms with Crippen LogP contribution in [0.25, 0.3) is 16.3 Å². The molecule has 1 saturated heterocycles. The van der Waals surface area contributed by atoms with Gasteiger partial charge in [-0.15, -0.1) is 11.3 Å². The minimum absolute atomic E-state index is 0.00783. The minimum Gasteiger partial charge on any atom is -0.494 e. The normalized spacial score (nSPS) is 18.6. The molecular formula is C28H25N3O3S3. The van der Waals surface area contributed by atoms with Gasteiger partial charge in [0, 0.05) is 12.1 Å². The molecule has 1 amide bonds. The van der Waals surface area contributed by atoms with Gasteiger partial charge in [0.25, 0.3) is 5.91 Å². The molecule has 6 rings (SSSR count). The highest BCUT2D eigenvalue weighted by Crippen LogP contribution is 2.40. The molecule has 0 N–H and O–H groups in total. The number of para-hydroxylation sites is 1. The first-order chi connectivity index (χ1) is 18.2. The van der Waals surface area contributed by atoms with Gasteiger partial charge in [0.05, 0.1) is 27.4 Å². The average Bonchev–Trinajstić information content (AvgIpc) is 3.69. The fraction of sp³-hybridized carbons (Fsp3) is 0.250. The molecule has 1 aliphatic carbocycles. The summed E-state index contributed by atoms with van der Waals surface area (Å²) in [5.74, 6) is 1.50. The van der Waals surface area contributed by atoms with Gasteiger partial charge < -0.3 is 9.15 Å². The first-order valence-corrected chi connectivity index (χ1v) is 14.8. The average molecular weight is 548 g/mol. The first kappa shape index (κ1) is 24.3. The number of fused-ring (bicyclic) bond motifs is 1. The number of hydrogen-bond acceptors (Lipinski definition) is 8. The lowest BCUT2D eigenvalue weighted by molar-refractivity contribution is -0.123.